The van der Waals surface area contributed by atoms with Gasteiger partial charge in [-0.05, 0) is 24.6 Å². The third-order valence-corrected chi connectivity index (χ3v) is 5.22. The standard InChI is InChI=1S/C11H11BrN2O3S2/c1-7-2-3-8(12)4-10(7)19(16,17)13-5-9-6-18-11(15)14-9/h2-4,6,13H,5H2,1H3,(H,14,15). The molecule has 0 radical (unpaired) electrons. The molecule has 0 aliphatic carbocycles. The molecule has 1 heterocycles. The second-order valence-corrected chi connectivity index (χ2v) is 7.40. The Bertz CT molecular complexity index is 749. The first-order valence-electron chi connectivity index (χ1n) is 5.31. The number of H-pyrrole nitrogens is 1. The van der Waals surface area contributed by atoms with Crippen molar-refractivity contribution in [3.63, 3.8) is 0 Å². The molecule has 0 fully saturated rings. The lowest BCUT2D eigenvalue weighted by atomic mass is 10.2. The van der Waals surface area contributed by atoms with Crippen LogP contribution in [0.4, 0.5) is 0 Å². The molecule has 2 N–H and O–H groups in total. The summed E-state index contributed by atoms with van der Waals surface area (Å²) in [5.74, 6) is 0. The average molecular weight is 363 g/mol. The highest BCUT2D eigenvalue weighted by molar-refractivity contribution is 9.10. The summed E-state index contributed by atoms with van der Waals surface area (Å²) < 4.78 is 27.5. The number of benzene rings is 1. The zero-order valence-corrected chi connectivity index (χ0v) is 13.2. The third-order valence-electron chi connectivity index (χ3n) is 2.46. The quantitative estimate of drug-likeness (QED) is 0.872. The van der Waals surface area contributed by atoms with Crippen molar-refractivity contribution >= 4 is 37.3 Å². The highest BCUT2D eigenvalue weighted by atomic mass is 79.9. The van der Waals surface area contributed by atoms with Crippen molar-refractivity contribution in [2.75, 3.05) is 0 Å². The van der Waals surface area contributed by atoms with Gasteiger partial charge in [0.1, 0.15) is 0 Å². The van der Waals surface area contributed by atoms with E-state index in [1.54, 1.807) is 30.5 Å². The fraction of sp³-hybridized carbons (Fsp3) is 0.182. The first-order chi connectivity index (χ1) is 8.88. The first-order valence-corrected chi connectivity index (χ1v) is 8.46. The molecule has 8 heteroatoms. The van der Waals surface area contributed by atoms with Crippen LogP contribution >= 0.6 is 27.3 Å². The summed E-state index contributed by atoms with van der Waals surface area (Å²) in [6.07, 6.45) is 0. The number of aryl methyl sites for hydroxylation is 1. The fourth-order valence-corrected chi connectivity index (χ4v) is 3.88. The summed E-state index contributed by atoms with van der Waals surface area (Å²) >= 11 is 4.25. The Kier molecular flexibility index (Phi) is 4.24. The summed E-state index contributed by atoms with van der Waals surface area (Å²) in [4.78, 5) is 13.5. The predicted octanol–water partition coefficient (Wildman–Crippen LogP) is 1.99. The minimum absolute atomic E-state index is 0.0625. The molecule has 1 aromatic heterocycles. The monoisotopic (exact) mass is 362 g/mol. The second-order valence-electron chi connectivity index (χ2n) is 3.91. The molecule has 2 rings (SSSR count). The number of aromatic nitrogens is 1. The Balaban J connectivity index is 2.23. The number of rotatable bonds is 4. The van der Waals surface area contributed by atoms with Crippen molar-refractivity contribution < 1.29 is 8.42 Å². The largest absolute Gasteiger partial charge is 0.315 e. The van der Waals surface area contributed by atoms with E-state index in [1.807, 2.05) is 0 Å². The molecule has 0 bridgehead atoms. The zero-order chi connectivity index (χ0) is 14.0. The average Bonchev–Trinajstić information content (AvgIpc) is 2.76. The fourth-order valence-electron chi connectivity index (χ4n) is 1.51. The van der Waals surface area contributed by atoms with Crippen LogP contribution in [0.15, 0.2) is 37.7 Å². The maximum atomic E-state index is 12.2. The smallest absolute Gasteiger partial charge is 0.304 e. The maximum Gasteiger partial charge on any atom is 0.304 e. The molecule has 0 saturated carbocycles. The maximum absolute atomic E-state index is 12.2. The molecule has 5 nitrogen and oxygen atoms in total. The van der Waals surface area contributed by atoms with E-state index in [4.69, 9.17) is 0 Å². The summed E-state index contributed by atoms with van der Waals surface area (Å²) in [5, 5.41) is 1.60. The number of aromatic amines is 1. The summed E-state index contributed by atoms with van der Waals surface area (Å²) in [6.45, 7) is 1.79. The predicted molar refractivity (Wildman–Crippen MR) is 77.8 cm³/mol. The van der Waals surface area contributed by atoms with Crippen LogP contribution in [-0.4, -0.2) is 13.4 Å². The lowest BCUT2D eigenvalue weighted by Crippen LogP contribution is -2.24. The van der Waals surface area contributed by atoms with Gasteiger partial charge in [0.05, 0.1) is 11.4 Å². The van der Waals surface area contributed by atoms with Gasteiger partial charge in [0.15, 0.2) is 0 Å². The molecular formula is C11H11BrN2O3S2. The van der Waals surface area contributed by atoms with E-state index in [0.29, 0.717) is 15.7 Å². The van der Waals surface area contributed by atoms with Crippen LogP contribution in [0.5, 0.6) is 0 Å². The molecule has 0 aliphatic heterocycles. The van der Waals surface area contributed by atoms with Gasteiger partial charge < -0.3 is 4.98 Å². The minimum Gasteiger partial charge on any atom is -0.315 e. The van der Waals surface area contributed by atoms with Gasteiger partial charge in [-0.1, -0.05) is 33.3 Å². The van der Waals surface area contributed by atoms with Crippen LogP contribution in [0, 0.1) is 6.92 Å². The summed E-state index contributed by atoms with van der Waals surface area (Å²) in [7, 11) is -3.60. The van der Waals surface area contributed by atoms with Crippen LogP contribution in [0.1, 0.15) is 11.3 Å². The molecule has 0 saturated heterocycles. The van der Waals surface area contributed by atoms with Crippen LogP contribution in [0.2, 0.25) is 0 Å². The minimum atomic E-state index is -3.60. The normalized spacial score (nSPS) is 11.7. The van der Waals surface area contributed by atoms with Crippen LogP contribution < -0.4 is 9.60 Å². The van der Waals surface area contributed by atoms with Gasteiger partial charge in [0, 0.05) is 15.5 Å². The lowest BCUT2D eigenvalue weighted by molar-refractivity contribution is 0.580. The highest BCUT2D eigenvalue weighted by Crippen LogP contribution is 2.20. The number of hydrogen-bond donors (Lipinski definition) is 2. The van der Waals surface area contributed by atoms with E-state index in [0.717, 1.165) is 11.3 Å². The van der Waals surface area contributed by atoms with Gasteiger partial charge >= 0.3 is 4.87 Å². The van der Waals surface area contributed by atoms with Crippen LogP contribution in [-0.2, 0) is 16.6 Å². The molecule has 2 aromatic rings. The Morgan fingerprint density at radius 2 is 2.16 bits per heavy atom. The Hall–Kier alpha value is -0.960. The van der Waals surface area contributed by atoms with Gasteiger partial charge in [0.2, 0.25) is 10.0 Å². The van der Waals surface area contributed by atoms with E-state index in [9.17, 15) is 13.2 Å². The number of thiazole rings is 1. The van der Waals surface area contributed by atoms with E-state index in [-0.39, 0.29) is 16.3 Å². The third kappa shape index (κ3) is 3.53. The first kappa shape index (κ1) is 14.4. The number of hydrogen-bond acceptors (Lipinski definition) is 4. The Labute approximate surface area is 122 Å². The van der Waals surface area contributed by atoms with E-state index in [2.05, 4.69) is 25.6 Å². The van der Waals surface area contributed by atoms with Crippen molar-refractivity contribution in [3.8, 4) is 0 Å². The van der Waals surface area contributed by atoms with Crippen LogP contribution in [0.3, 0.4) is 0 Å². The molecule has 102 valence electrons. The number of sulfonamides is 1. The Morgan fingerprint density at radius 3 is 2.79 bits per heavy atom. The molecular weight excluding hydrogens is 352 g/mol. The van der Waals surface area contributed by atoms with Gasteiger partial charge in [-0.2, -0.15) is 0 Å². The molecule has 0 aliphatic rings. The van der Waals surface area contributed by atoms with Crippen molar-refractivity contribution in [1.29, 1.82) is 0 Å². The van der Waals surface area contributed by atoms with Crippen molar-refractivity contribution in [3.05, 3.63) is 49.0 Å². The lowest BCUT2D eigenvalue weighted by Gasteiger charge is -2.09. The number of nitrogens with one attached hydrogen (secondary N) is 2. The number of halogens is 1. The van der Waals surface area contributed by atoms with Gasteiger partial charge in [-0.15, -0.1) is 0 Å². The molecule has 0 spiro atoms. The van der Waals surface area contributed by atoms with Crippen LogP contribution in [0.25, 0.3) is 0 Å². The van der Waals surface area contributed by atoms with Gasteiger partial charge in [-0.25, -0.2) is 13.1 Å². The highest BCUT2D eigenvalue weighted by Gasteiger charge is 2.17. The van der Waals surface area contributed by atoms with E-state index < -0.39 is 10.0 Å². The molecule has 0 unspecified atom stereocenters. The van der Waals surface area contributed by atoms with Crippen molar-refractivity contribution in [2.45, 2.75) is 18.4 Å². The van der Waals surface area contributed by atoms with Crippen molar-refractivity contribution in [2.24, 2.45) is 0 Å². The summed E-state index contributed by atoms with van der Waals surface area (Å²) in [6, 6.07) is 5.06. The van der Waals surface area contributed by atoms with Crippen molar-refractivity contribution in [1.82, 2.24) is 9.71 Å². The summed E-state index contributed by atoms with van der Waals surface area (Å²) in [5.41, 5.74) is 1.21. The van der Waals surface area contributed by atoms with Gasteiger partial charge in [0.25, 0.3) is 0 Å². The van der Waals surface area contributed by atoms with Gasteiger partial charge in [-0.3, -0.25) is 4.79 Å². The van der Waals surface area contributed by atoms with E-state index >= 15 is 0 Å². The van der Waals surface area contributed by atoms with E-state index in [1.165, 1.54) is 0 Å². The zero-order valence-electron chi connectivity index (χ0n) is 9.94. The molecule has 0 atom stereocenters. The molecule has 1 aromatic carbocycles. The molecule has 0 amide bonds. The Morgan fingerprint density at radius 1 is 1.42 bits per heavy atom. The molecule has 19 heavy (non-hydrogen) atoms. The topological polar surface area (TPSA) is 79.0 Å². The SMILES string of the molecule is Cc1ccc(Br)cc1S(=O)(=O)NCc1csc(=O)[nH]1. The second kappa shape index (κ2) is 5.58.